The van der Waals surface area contributed by atoms with Gasteiger partial charge in [0.15, 0.2) is 0 Å². The molecular formula is C27H39N5O4. The van der Waals surface area contributed by atoms with E-state index < -0.39 is 11.6 Å². The van der Waals surface area contributed by atoms with Crippen molar-refractivity contribution in [2.45, 2.75) is 58.4 Å². The number of hydrogen-bond acceptors (Lipinski definition) is 5. The third-order valence-corrected chi connectivity index (χ3v) is 8.54. The van der Waals surface area contributed by atoms with Crippen LogP contribution in [0.3, 0.4) is 0 Å². The number of carbonyl (C=O) groups excluding carboxylic acids is 4. The molecule has 2 saturated heterocycles. The molecule has 36 heavy (non-hydrogen) atoms. The number of nitrogens with one attached hydrogen (secondary N) is 2. The lowest BCUT2D eigenvalue weighted by atomic mass is 9.65. The van der Waals surface area contributed by atoms with Crippen LogP contribution in [-0.2, 0) is 14.4 Å². The molecule has 2 N–H and O–H groups in total. The van der Waals surface area contributed by atoms with Crippen LogP contribution in [0.5, 0.6) is 0 Å². The first kappa shape index (κ1) is 26.1. The highest BCUT2D eigenvalue weighted by Crippen LogP contribution is 2.45. The molecule has 5 amide bonds. The summed E-state index contributed by atoms with van der Waals surface area (Å²) in [6.07, 6.45) is 4.12. The monoisotopic (exact) mass is 497 g/mol. The molecule has 1 aromatic rings. The van der Waals surface area contributed by atoms with Crippen molar-refractivity contribution in [2.75, 3.05) is 44.6 Å². The summed E-state index contributed by atoms with van der Waals surface area (Å²) in [6.45, 7) is 8.79. The smallest absolute Gasteiger partial charge is 0.325 e. The van der Waals surface area contributed by atoms with Crippen LogP contribution >= 0.6 is 0 Å². The Balaban J connectivity index is 1.25. The van der Waals surface area contributed by atoms with Gasteiger partial charge in [-0.2, -0.15) is 0 Å². The summed E-state index contributed by atoms with van der Waals surface area (Å²) in [4.78, 5) is 56.0. The van der Waals surface area contributed by atoms with Crippen LogP contribution in [0.25, 0.3) is 0 Å². The van der Waals surface area contributed by atoms with Crippen molar-refractivity contribution >= 4 is 29.4 Å². The Morgan fingerprint density at radius 3 is 2.28 bits per heavy atom. The highest BCUT2D eigenvalue weighted by molar-refractivity contribution is 6.09. The molecule has 2 aliphatic heterocycles. The minimum Gasteiger partial charge on any atom is -0.339 e. The van der Waals surface area contributed by atoms with Crippen molar-refractivity contribution in [3.05, 3.63) is 30.3 Å². The SMILES string of the molecule is CCC(C)(C)C1CCC2(CC1)NC(=O)N(CC(=O)N1CCN(CC(=O)Nc3ccccc3)CC1)C2=O. The van der Waals surface area contributed by atoms with Crippen LogP contribution in [0.4, 0.5) is 10.5 Å². The number of amides is 5. The van der Waals surface area contributed by atoms with Gasteiger partial charge in [-0.15, -0.1) is 0 Å². The summed E-state index contributed by atoms with van der Waals surface area (Å²) in [7, 11) is 0. The van der Waals surface area contributed by atoms with Gasteiger partial charge < -0.3 is 15.5 Å². The lowest BCUT2D eigenvalue weighted by Gasteiger charge is -2.42. The molecule has 0 aromatic heterocycles. The standard InChI is InChI=1S/C27H39N5O4/c1-4-26(2,3)20-10-12-27(13-11-20)24(35)32(25(36)29-27)19-23(34)31-16-14-30(15-17-31)18-22(33)28-21-8-6-5-7-9-21/h5-9,20H,4,10-19H2,1-3H3,(H,28,33)(H,29,36). The van der Waals surface area contributed by atoms with E-state index >= 15 is 0 Å². The van der Waals surface area contributed by atoms with Gasteiger partial charge in [0.25, 0.3) is 5.91 Å². The first-order valence-electron chi connectivity index (χ1n) is 13.1. The predicted octanol–water partition coefficient (Wildman–Crippen LogP) is 2.69. The minimum absolute atomic E-state index is 0.0948. The largest absolute Gasteiger partial charge is 0.339 e. The third kappa shape index (κ3) is 5.56. The average molecular weight is 498 g/mol. The Kier molecular flexibility index (Phi) is 7.68. The molecule has 9 heteroatoms. The van der Waals surface area contributed by atoms with Crippen LogP contribution in [0.1, 0.15) is 52.9 Å². The summed E-state index contributed by atoms with van der Waals surface area (Å²) in [5, 5.41) is 5.80. The maximum Gasteiger partial charge on any atom is 0.325 e. The minimum atomic E-state index is -0.859. The topological polar surface area (TPSA) is 102 Å². The summed E-state index contributed by atoms with van der Waals surface area (Å²) < 4.78 is 0. The number of urea groups is 1. The maximum absolute atomic E-state index is 13.3. The Bertz CT molecular complexity index is 979. The lowest BCUT2D eigenvalue weighted by Crippen LogP contribution is -2.53. The van der Waals surface area contributed by atoms with Crippen LogP contribution < -0.4 is 10.6 Å². The van der Waals surface area contributed by atoms with Crippen LogP contribution in [0.2, 0.25) is 0 Å². The highest BCUT2D eigenvalue weighted by Gasteiger charge is 2.54. The first-order chi connectivity index (χ1) is 17.1. The number of hydrogen-bond donors (Lipinski definition) is 2. The summed E-state index contributed by atoms with van der Waals surface area (Å²) >= 11 is 0. The fourth-order valence-corrected chi connectivity index (χ4v) is 5.66. The second kappa shape index (κ2) is 10.6. The second-order valence-electron chi connectivity index (χ2n) is 11.1. The Morgan fingerprint density at radius 2 is 1.67 bits per heavy atom. The van der Waals surface area contributed by atoms with E-state index in [0.717, 1.165) is 29.8 Å². The molecule has 4 rings (SSSR count). The molecule has 1 aromatic carbocycles. The molecular weight excluding hydrogens is 458 g/mol. The zero-order valence-electron chi connectivity index (χ0n) is 21.7. The van der Waals surface area contributed by atoms with Crippen LogP contribution in [0, 0.1) is 11.3 Å². The van der Waals surface area contributed by atoms with Gasteiger partial charge in [0, 0.05) is 31.9 Å². The van der Waals surface area contributed by atoms with Gasteiger partial charge in [0.05, 0.1) is 6.54 Å². The number of carbonyl (C=O) groups is 4. The number of benzene rings is 1. The molecule has 3 fully saturated rings. The fraction of sp³-hybridized carbons (Fsp3) is 0.630. The van der Waals surface area contributed by atoms with Crippen LogP contribution in [-0.4, -0.2) is 83.3 Å². The lowest BCUT2D eigenvalue weighted by molar-refractivity contribution is -0.141. The predicted molar refractivity (Wildman–Crippen MR) is 137 cm³/mol. The van der Waals surface area contributed by atoms with Crippen molar-refractivity contribution in [2.24, 2.45) is 11.3 Å². The molecule has 1 spiro atoms. The van der Waals surface area contributed by atoms with Gasteiger partial charge in [-0.05, 0) is 49.1 Å². The Morgan fingerprint density at radius 1 is 1.03 bits per heavy atom. The molecule has 3 aliphatic rings. The second-order valence-corrected chi connectivity index (χ2v) is 11.1. The number of rotatable bonds is 7. The Labute approximate surface area is 213 Å². The molecule has 0 atom stereocenters. The van der Waals surface area contributed by atoms with E-state index in [9.17, 15) is 19.2 Å². The van der Waals surface area contributed by atoms with Gasteiger partial charge in [0.2, 0.25) is 11.8 Å². The normalized spacial score (nSPS) is 25.2. The quantitative estimate of drug-likeness (QED) is 0.564. The van der Waals surface area contributed by atoms with Crippen molar-refractivity contribution < 1.29 is 19.2 Å². The van der Waals surface area contributed by atoms with E-state index in [1.54, 1.807) is 4.90 Å². The van der Waals surface area contributed by atoms with E-state index in [4.69, 9.17) is 0 Å². The van der Waals surface area contributed by atoms with Gasteiger partial charge in [-0.3, -0.25) is 24.2 Å². The molecule has 0 bridgehead atoms. The van der Waals surface area contributed by atoms with Crippen LogP contribution in [0.15, 0.2) is 30.3 Å². The van der Waals surface area contributed by atoms with Crippen molar-refractivity contribution in [3.63, 3.8) is 0 Å². The van der Waals surface area contributed by atoms with E-state index in [0.29, 0.717) is 44.9 Å². The summed E-state index contributed by atoms with van der Waals surface area (Å²) in [5.74, 6) is -0.0585. The number of anilines is 1. The number of imide groups is 1. The van der Waals surface area contributed by atoms with Gasteiger partial charge in [-0.1, -0.05) is 45.4 Å². The average Bonchev–Trinajstić information content (AvgIpc) is 3.09. The molecule has 0 radical (unpaired) electrons. The van der Waals surface area contributed by atoms with Gasteiger partial charge >= 0.3 is 6.03 Å². The van der Waals surface area contributed by atoms with Crippen molar-refractivity contribution in [1.29, 1.82) is 0 Å². The van der Waals surface area contributed by atoms with E-state index in [-0.39, 0.29) is 36.2 Å². The van der Waals surface area contributed by atoms with Gasteiger partial charge in [-0.25, -0.2) is 4.79 Å². The van der Waals surface area contributed by atoms with Crippen molar-refractivity contribution in [3.8, 4) is 0 Å². The van der Waals surface area contributed by atoms with Gasteiger partial charge in [0.1, 0.15) is 12.1 Å². The van der Waals surface area contributed by atoms with Crippen molar-refractivity contribution in [1.82, 2.24) is 20.0 Å². The molecule has 9 nitrogen and oxygen atoms in total. The molecule has 1 saturated carbocycles. The molecule has 2 heterocycles. The zero-order chi connectivity index (χ0) is 25.9. The first-order valence-corrected chi connectivity index (χ1v) is 13.1. The number of nitrogens with zero attached hydrogens (tertiary/aromatic N) is 3. The maximum atomic E-state index is 13.3. The molecule has 0 unspecified atom stereocenters. The highest BCUT2D eigenvalue weighted by atomic mass is 16.2. The molecule has 196 valence electrons. The summed E-state index contributed by atoms with van der Waals surface area (Å²) in [6, 6.07) is 8.84. The fourth-order valence-electron chi connectivity index (χ4n) is 5.66. The molecule has 1 aliphatic carbocycles. The third-order valence-electron chi connectivity index (χ3n) is 8.54. The Hall–Kier alpha value is -2.94. The summed E-state index contributed by atoms with van der Waals surface area (Å²) in [5.41, 5.74) is 0.112. The van der Waals surface area contributed by atoms with E-state index in [2.05, 4.69) is 31.4 Å². The number of para-hydroxylation sites is 1. The van der Waals surface area contributed by atoms with E-state index in [1.165, 1.54) is 0 Å². The zero-order valence-corrected chi connectivity index (χ0v) is 21.7. The number of piperazine rings is 1. The van der Waals surface area contributed by atoms with E-state index in [1.807, 2.05) is 35.2 Å².